The van der Waals surface area contributed by atoms with Crippen molar-refractivity contribution >= 4 is 11.4 Å². The zero-order valence-corrected chi connectivity index (χ0v) is 14.8. The molecule has 4 rings (SSSR count). The number of nitrogens with one attached hydrogen (secondary N) is 2. The van der Waals surface area contributed by atoms with Gasteiger partial charge in [-0.05, 0) is 46.5 Å². The molecule has 0 radical (unpaired) electrons. The van der Waals surface area contributed by atoms with E-state index in [4.69, 9.17) is 4.94 Å². The summed E-state index contributed by atoms with van der Waals surface area (Å²) in [6, 6.07) is 36.8. The highest BCUT2D eigenvalue weighted by Crippen LogP contribution is 2.22. The number of hydrogen-bond acceptors (Lipinski definition) is 3. The lowest BCUT2D eigenvalue weighted by Crippen LogP contribution is -2.07. The molecule has 0 spiro atoms. The van der Waals surface area contributed by atoms with Crippen molar-refractivity contribution in [3.05, 3.63) is 109 Å². The van der Waals surface area contributed by atoms with Crippen molar-refractivity contribution < 1.29 is 4.94 Å². The van der Waals surface area contributed by atoms with Crippen LogP contribution < -0.4 is 11.0 Å². The van der Waals surface area contributed by atoms with Crippen molar-refractivity contribution in [3.63, 3.8) is 0 Å². The van der Waals surface area contributed by atoms with Crippen molar-refractivity contribution in [2.45, 2.75) is 0 Å². The van der Waals surface area contributed by atoms with Crippen LogP contribution in [-0.4, -0.2) is 0 Å². The molecule has 0 unspecified atom stereocenters. The molecular formula is C24H20N2O. The van der Waals surface area contributed by atoms with Crippen LogP contribution in [0, 0.1) is 0 Å². The van der Waals surface area contributed by atoms with Crippen LogP contribution in [-0.2, 0) is 4.94 Å². The first-order valence-electron chi connectivity index (χ1n) is 8.87. The Hall–Kier alpha value is -3.56. The van der Waals surface area contributed by atoms with Gasteiger partial charge in [0.05, 0.1) is 11.4 Å². The summed E-state index contributed by atoms with van der Waals surface area (Å²) in [5.41, 5.74) is 12.3. The van der Waals surface area contributed by atoms with Gasteiger partial charge in [-0.25, -0.2) is 11.0 Å². The Kier molecular flexibility index (Phi) is 5.14. The lowest BCUT2D eigenvalue weighted by molar-refractivity contribution is 0.264. The quantitative estimate of drug-likeness (QED) is 0.394. The van der Waals surface area contributed by atoms with Crippen LogP contribution in [0.2, 0.25) is 0 Å². The number of anilines is 2. The summed E-state index contributed by atoms with van der Waals surface area (Å²) in [5.74, 6) is 0. The highest BCUT2D eigenvalue weighted by Gasteiger charge is 1.99. The van der Waals surface area contributed by atoms with Gasteiger partial charge in [-0.1, -0.05) is 84.9 Å². The largest absolute Gasteiger partial charge is 0.242 e. The first-order valence-corrected chi connectivity index (χ1v) is 8.87. The standard InChI is InChI=1S/C24H20N2O/c1-3-7-19(8-4-1)21-11-15-23(16-12-21)25-27-26-24-17-13-22(14-18-24)20-9-5-2-6-10-20/h1-18,25-26H. The highest BCUT2D eigenvalue weighted by atomic mass is 16.8. The molecule has 4 aromatic carbocycles. The van der Waals surface area contributed by atoms with Gasteiger partial charge in [0, 0.05) is 0 Å². The molecule has 0 aliphatic carbocycles. The van der Waals surface area contributed by atoms with Crippen molar-refractivity contribution in [1.82, 2.24) is 0 Å². The molecule has 27 heavy (non-hydrogen) atoms. The minimum Gasteiger partial charge on any atom is -0.242 e. The van der Waals surface area contributed by atoms with E-state index in [1.807, 2.05) is 60.7 Å². The summed E-state index contributed by atoms with van der Waals surface area (Å²) < 4.78 is 0. The lowest BCUT2D eigenvalue weighted by Gasteiger charge is -2.10. The average Bonchev–Trinajstić information content (AvgIpc) is 2.76. The van der Waals surface area contributed by atoms with Crippen molar-refractivity contribution in [1.29, 1.82) is 0 Å². The zero-order valence-electron chi connectivity index (χ0n) is 14.8. The van der Waals surface area contributed by atoms with Gasteiger partial charge < -0.3 is 0 Å². The third-order valence-electron chi connectivity index (χ3n) is 4.32. The second kappa shape index (κ2) is 8.21. The molecule has 3 nitrogen and oxygen atoms in total. The van der Waals surface area contributed by atoms with Crippen LogP contribution in [0.25, 0.3) is 22.3 Å². The molecule has 0 saturated carbocycles. The summed E-state index contributed by atoms with van der Waals surface area (Å²) in [6.07, 6.45) is 0. The molecule has 2 N–H and O–H groups in total. The number of rotatable bonds is 6. The van der Waals surface area contributed by atoms with E-state index in [9.17, 15) is 0 Å². The zero-order chi connectivity index (χ0) is 18.3. The SMILES string of the molecule is c1ccc(-c2ccc(NONc3ccc(-c4ccccc4)cc3)cc2)cc1. The van der Waals surface area contributed by atoms with Gasteiger partial charge in [0.2, 0.25) is 0 Å². The second-order valence-corrected chi connectivity index (χ2v) is 6.19. The van der Waals surface area contributed by atoms with Gasteiger partial charge in [0.1, 0.15) is 0 Å². The molecule has 0 heterocycles. The average molecular weight is 352 g/mol. The maximum absolute atomic E-state index is 5.40. The van der Waals surface area contributed by atoms with Crippen molar-refractivity contribution in [3.8, 4) is 22.3 Å². The van der Waals surface area contributed by atoms with Crippen molar-refractivity contribution in [2.75, 3.05) is 11.0 Å². The Balaban J connectivity index is 1.32. The van der Waals surface area contributed by atoms with Crippen LogP contribution in [0.15, 0.2) is 109 Å². The molecule has 0 fully saturated rings. The van der Waals surface area contributed by atoms with E-state index in [1.54, 1.807) is 0 Å². The Labute approximate surface area is 159 Å². The van der Waals surface area contributed by atoms with Gasteiger partial charge in [-0.3, -0.25) is 0 Å². The molecule has 0 aliphatic rings. The molecule has 0 saturated heterocycles. The Morgan fingerprint density at radius 3 is 1.07 bits per heavy atom. The summed E-state index contributed by atoms with van der Waals surface area (Å²) >= 11 is 0. The molecular weight excluding hydrogens is 332 g/mol. The normalized spacial score (nSPS) is 10.4. The van der Waals surface area contributed by atoms with E-state index >= 15 is 0 Å². The van der Waals surface area contributed by atoms with E-state index in [0.717, 1.165) is 11.4 Å². The van der Waals surface area contributed by atoms with Gasteiger partial charge in [-0.15, -0.1) is 0 Å². The summed E-state index contributed by atoms with van der Waals surface area (Å²) in [7, 11) is 0. The van der Waals surface area contributed by atoms with Crippen molar-refractivity contribution in [2.24, 2.45) is 0 Å². The fourth-order valence-corrected chi connectivity index (χ4v) is 2.87. The monoisotopic (exact) mass is 352 g/mol. The van der Waals surface area contributed by atoms with Gasteiger partial charge in [0.15, 0.2) is 0 Å². The fraction of sp³-hybridized carbons (Fsp3) is 0. The summed E-state index contributed by atoms with van der Waals surface area (Å²) in [4.78, 5) is 5.40. The maximum atomic E-state index is 5.40. The van der Waals surface area contributed by atoms with Crippen LogP contribution in [0.4, 0.5) is 11.4 Å². The first-order chi connectivity index (χ1) is 13.4. The minimum absolute atomic E-state index is 0.878. The number of benzene rings is 4. The third kappa shape index (κ3) is 4.35. The predicted octanol–water partition coefficient (Wildman–Crippen LogP) is 6.39. The summed E-state index contributed by atoms with van der Waals surface area (Å²) in [6.45, 7) is 0. The smallest absolute Gasteiger partial charge is 0.0629 e. The Morgan fingerprint density at radius 2 is 0.704 bits per heavy atom. The summed E-state index contributed by atoms with van der Waals surface area (Å²) in [5, 5.41) is 0. The van der Waals surface area contributed by atoms with E-state index < -0.39 is 0 Å². The molecule has 0 aromatic heterocycles. The predicted molar refractivity (Wildman–Crippen MR) is 112 cm³/mol. The van der Waals surface area contributed by atoms with E-state index in [0.29, 0.717) is 0 Å². The first kappa shape index (κ1) is 16.9. The molecule has 0 aliphatic heterocycles. The van der Waals surface area contributed by atoms with Gasteiger partial charge >= 0.3 is 0 Å². The lowest BCUT2D eigenvalue weighted by atomic mass is 10.1. The molecule has 0 bridgehead atoms. The topological polar surface area (TPSA) is 33.3 Å². The minimum atomic E-state index is 0.878. The van der Waals surface area contributed by atoms with E-state index in [2.05, 4.69) is 59.5 Å². The second-order valence-electron chi connectivity index (χ2n) is 6.19. The highest BCUT2D eigenvalue weighted by molar-refractivity contribution is 5.66. The van der Waals surface area contributed by atoms with Gasteiger partial charge in [-0.2, -0.15) is 4.94 Å². The van der Waals surface area contributed by atoms with E-state index in [1.165, 1.54) is 22.3 Å². The molecule has 4 aromatic rings. The Bertz CT molecular complexity index is 883. The van der Waals surface area contributed by atoms with Crippen LogP contribution in [0.5, 0.6) is 0 Å². The Morgan fingerprint density at radius 1 is 0.370 bits per heavy atom. The van der Waals surface area contributed by atoms with Crippen LogP contribution in [0.1, 0.15) is 0 Å². The molecule has 0 atom stereocenters. The molecule has 3 heteroatoms. The van der Waals surface area contributed by atoms with Crippen LogP contribution >= 0.6 is 0 Å². The maximum Gasteiger partial charge on any atom is 0.0629 e. The van der Waals surface area contributed by atoms with Crippen LogP contribution in [0.3, 0.4) is 0 Å². The molecule has 0 amide bonds. The van der Waals surface area contributed by atoms with E-state index in [-0.39, 0.29) is 0 Å². The van der Waals surface area contributed by atoms with Gasteiger partial charge in [0.25, 0.3) is 0 Å². The fourth-order valence-electron chi connectivity index (χ4n) is 2.87. The number of hydrogen-bond donors (Lipinski definition) is 2. The third-order valence-corrected chi connectivity index (χ3v) is 4.32. The molecule has 132 valence electrons.